The minimum atomic E-state index is -1.26. The molecule has 0 aliphatic rings. The van der Waals surface area contributed by atoms with Crippen molar-refractivity contribution >= 4 is 40.2 Å². The molecule has 3 amide bonds. The molecule has 1 heterocycles. The van der Waals surface area contributed by atoms with Crippen LogP contribution in [0, 0.1) is 11.8 Å². The van der Waals surface area contributed by atoms with Gasteiger partial charge < -0.3 is 15.6 Å². The van der Waals surface area contributed by atoms with Gasteiger partial charge in [0.15, 0.2) is 0 Å². The lowest BCUT2D eigenvalue weighted by molar-refractivity contribution is -0.136. The number of halogens is 1. The first kappa shape index (κ1) is 22.7. The Kier molecular flexibility index (Phi) is 8.04. The molecule has 0 unspecified atom stereocenters. The average Bonchev–Trinajstić information content (AvgIpc) is 3.12. The van der Waals surface area contributed by atoms with Crippen molar-refractivity contribution in [3.8, 4) is 0 Å². The van der Waals surface area contributed by atoms with Crippen LogP contribution in [0.2, 0.25) is 0 Å². The van der Waals surface area contributed by atoms with E-state index in [9.17, 15) is 14.4 Å². The molecule has 1 aromatic heterocycles. The average molecular weight is 423 g/mol. The summed E-state index contributed by atoms with van der Waals surface area (Å²) in [6, 6.07) is 6.83. The van der Waals surface area contributed by atoms with Crippen molar-refractivity contribution in [1.29, 1.82) is 0 Å². The Hall–Kier alpha value is -2.58. The van der Waals surface area contributed by atoms with Gasteiger partial charge in [0.1, 0.15) is 11.4 Å². The summed E-state index contributed by atoms with van der Waals surface area (Å²) in [6.07, 6.45) is 2.39. The lowest BCUT2D eigenvalue weighted by Gasteiger charge is -2.25. The number of nitrogens with one attached hydrogen (secondary N) is 4. The summed E-state index contributed by atoms with van der Waals surface area (Å²) in [7, 11) is 1.49. The number of aromatic nitrogens is 1. The summed E-state index contributed by atoms with van der Waals surface area (Å²) in [5, 5.41) is 13.8. The van der Waals surface area contributed by atoms with Gasteiger partial charge in [-0.1, -0.05) is 32.0 Å². The number of hydrogen-bond acceptors (Lipinski definition) is 4. The Morgan fingerprint density at radius 2 is 1.83 bits per heavy atom. The third-order valence-corrected chi connectivity index (χ3v) is 5.26. The summed E-state index contributed by atoms with van der Waals surface area (Å²) in [6.45, 7) is 3.78. The Morgan fingerprint density at radius 3 is 2.45 bits per heavy atom. The molecule has 0 saturated carbocycles. The van der Waals surface area contributed by atoms with Gasteiger partial charge >= 0.3 is 0 Å². The molecule has 1 aromatic carbocycles. The molecule has 0 fully saturated rings. The van der Waals surface area contributed by atoms with E-state index in [1.165, 1.54) is 12.5 Å². The van der Waals surface area contributed by atoms with Crippen LogP contribution in [0.1, 0.15) is 25.8 Å². The standard InChI is InChI=1S/C20H27ClN4O4/c1-11(2)8-14(17(21)20(28)25-29)18(26)24-16(19(27)22-3)9-12-10-23-15-7-5-4-6-13(12)15/h4-7,10-11,14,16-17,23,29H,8-9H2,1-3H3,(H,22,27)(H,24,26)(H,25,28)/t14-,16+,17-/m1/s1. The first-order valence-electron chi connectivity index (χ1n) is 9.43. The van der Waals surface area contributed by atoms with Crippen LogP contribution in [0.25, 0.3) is 10.9 Å². The van der Waals surface area contributed by atoms with Gasteiger partial charge in [0.05, 0.1) is 5.92 Å². The highest BCUT2D eigenvalue weighted by molar-refractivity contribution is 6.32. The zero-order valence-corrected chi connectivity index (χ0v) is 17.4. The van der Waals surface area contributed by atoms with E-state index in [2.05, 4.69) is 15.6 Å². The number of carbonyl (C=O) groups is 3. The van der Waals surface area contributed by atoms with Gasteiger partial charge in [0, 0.05) is 30.6 Å². The largest absolute Gasteiger partial charge is 0.361 e. The van der Waals surface area contributed by atoms with Crippen molar-refractivity contribution in [2.75, 3.05) is 7.05 Å². The van der Waals surface area contributed by atoms with E-state index in [1.54, 1.807) is 0 Å². The topological polar surface area (TPSA) is 123 Å². The number of para-hydroxylation sites is 1. The molecule has 158 valence electrons. The second-order valence-corrected chi connectivity index (χ2v) is 7.82. The molecule has 0 bridgehead atoms. The molecule has 0 aliphatic heterocycles. The van der Waals surface area contributed by atoms with Crippen LogP contribution in [-0.4, -0.2) is 46.4 Å². The van der Waals surface area contributed by atoms with Gasteiger partial charge in [-0.25, -0.2) is 5.48 Å². The molecule has 2 rings (SSSR count). The number of amides is 3. The fraction of sp³-hybridized carbons (Fsp3) is 0.450. The fourth-order valence-electron chi connectivity index (χ4n) is 3.29. The summed E-state index contributed by atoms with van der Waals surface area (Å²) in [4.78, 5) is 40.3. The minimum Gasteiger partial charge on any atom is -0.361 e. The number of alkyl halides is 1. The zero-order valence-electron chi connectivity index (χ0n) is 16.7. The summed E-state index contributed by atoms with van der Waals surface area (Å²) in [5.41, 5.74) is 3.30. The van der Waals surface area contributed by atoms with Crippen molar-refractivity contribution < 1.29 is 19.6 Å². The quantitative estimate of drug-likeness (QED) is 0.240. The second kappa shape index (κ2) is 10.3. The second-order valence-electron chi connectivity index (χ2n) is 7.35. The Balaban J connectivity index is 2.24. The smallest absolute Gasteiger partial charge is 0.262 e. The molecule has 3 atom stereocenters. The number of likely N-dealkylation sites (N-methyl/N-ethyl adjacent to an activating group) is 1. The van der Waals surface area contributed by atoms with Crippen LogP contribution in [0.5, 0.6) is 0 Å². The van der Waals surface area contributed by atoms with Crippen molar-refractivity contribution in [2.24, 2.45) is 11.8 Å². The third-order valence-electron chi connectivity index (χ3n) is 4.75. The van der Waals surface area contributed by atoms with Gasteiger partial charge in [-0.05, 0) is 24.0 Å². The number of H-pyrrole nitrogens is 1. The van der Waals surface area contributed by atoms with Gasteiger partial charge in [0.25, 0.3) is 5.91 Å². The number of rotatable bonds is 9. The number of hydroxylamine groups is 1. The van der Waals surface area contributed by atoms with Crippen molar-refractivity contribution in [2.45, 2.75) is 38.1 Å². The monoisotopic (exact) mass is 422 g/mol. The van der Waals surface area contributed by atoms with Crippen LogP contribution in [0.3, 0.4) is 0 Å². The summed E-state index contributed by atoms with van der Waals surface area (Å²) >= 11 is 6.12. The molecule has 2 aromatic rings. The summed E-state index contributed by atoms with van der Waals surface area (Å²) < 4.78 is 0. The molecule has 0 spiro atoms. The number of benzene rings is 1. The molecule has 0 radical (unpaired) electrons. The maximum atomic E-state index is 12.9. The molecule has 8 nitrogen and oxygen atoms in total. The van der Waals surface area contributed by atoms with E-state index in [0.29, 0.717) is 6.42 Å². The van der Waals surface area contributed by atoms with Crippen LogP contribution in [0.4, 0.5) is 0 Å². The maximum absolute atomic E-state index is 12.9. The number of hydrogen-bond donors (Lipinski definition) is 5. The van der Waals surface area contributed by atoms with Gasteiger partial charge in [-0.3, -0.25) is 19.6 Å². The molecule has 0 saturated heterocycles. The van der Waals surface area contributed by atoms with E-state index < -0.39 is 29.2 Å². The SMILES string of the molecule is CNC(=O)[C@H](Cc1c[nH]c2ccccc12)NC(=O)[C@H](CC(C)C)[C@@H](Cl)C(=O)NO. The van der Waals surface area contributed by atoms with E-state index in [0.717, 1.165) is 16.5 Å². The molecular weight excluding hydrogens is 396 g/mol. The highest BCUT2D eigenvalue weighted by Gasteiger charge is 2.34. The maximum Gasteiger partial charge on any atom is 0.262 e. The summed E-state index contributed by atoms with van der Waals surface area (Å²) in [5.74, 6) is -2.56. The molecule has 0 aliphatic carbocycles. The van der Waals surface area contributed by atoms with Crippen LogP contribution in [0.15, 0.2) is 30.5 Å². The molecule has 9 heteroatoms. The first-order chi connectivity index (χ1) is 13.8. The number of aromatic amines is 1. The van der Waals surface area contributed by atoms with E-state index in [1.807, 2.05) is 44.3 Å². The Labute approximate surface area is 174 Å². The highest BCUT2D eigenvalue weighted by Crippen LogP contribution is 2.22. The number of fused-ring (bicyclic) bond motifs is 1. The minimum absolute atomic E-state index is 0.0746. The van der Waals surface area contributed by atoms with Crippen LogP contribution >= 0.6 is 11.6 Å². The lowest BCUT2D eigenvalue weighted by Crippen LogP contribution is -2.51. The number of carbonyl (C=O) groups excluding carboxylic acids is 3. The first-order valence-corrected chi connectivity index (χ1v) is 9.87. The predicted molar refractivity (Wildman–Crippen MR) is 111 cm³/mol. The van der Waals surface area contributed by atoms with E-state index >= 15 is 0 Å². The van der Waals surface area contributed by atoms with Crippen molar-refractivity contribution in [1.82, 2.24) is 21.1 Å². The molecule has 5 N–H and O–H groups in total. The Morgan fingerprint density at radius 1 is 1.14 bits per heavy atom. The Bertz CT molecular complexity index is 867. The van der Waals surface area contributed by atoms with Gasteiger partial charge in [-0.2, -0.15) is 0 Å². The van der Waals surface area contributed by atoms with Crippen molar-refractivity contribution in [3.63, 3.8) is 0 Å². The van der Waals surface area contributed by atoms with E-state index in [4.69, 9.17) is 16.8 Å². The van der Waals surface area contributed by atoms with Gasteiger partial charge in [-0.15, -0.1) is 11.6 Å². The highest BCUT2D eigenvalue weighted by atomic mass is 35.5. The van der Waals surface area contributed by atoms with Crippen LogP contribution in [-0.2, 0) is 20.8 Å². The normalized spacial score (nSPS) is 14.3. The predicted octanol–water partition coefficient (Wildman–Crippen LogP) is 1.72. The van der Waals surface area contributed by atoms with Gasteiger partial charge in [0.2, 0.25) is 11.8 Å². The van der Waals surface area contributed by atoms with Crippen molar-refractivity contribution in [3.05, 3.63) is 36.0 Å². The zero-order chi connectivity index (χ0) is 21.6. The lowest BCUT2D eigenvalue weighted by atomic mass is 9.92. The molecular formula is C20H27ClN4O4. The fourth-order valence-corrected chi connectivity index (χ4v) is 3.56. The third kappa shape index (κ3) is 5.71. The van der Waals surface area contributed by atoms with Crippen LogP contribution < -0.4 is 16.1 Å². The molecule has 29 heavy (non-hydrogen) atoms. The van der Waals surface area contributed by atoms with E-state index in [-0.39, 0.29) is 18.2 Å².